The third kappa shape index (κ3) is 5.02. The van der Waals surface area contributed by atoms with E-state index >= 15 is 0 Å². The van der Waals surface area contributed by atoms with Crippen LogP contribution >= 0.6 is 11.8 Å². The van der Waals surface area contributed by atoms with E-state index < -0.39 is 0 Å². The number of nitrogens with zero attached hydrogens (tertiary/aromatic N) is 3. The lowest BCUT2D eigenvalue weighted by Crippen LogP contribution is -2.49. The number of hydrogen-bond donors (Lipinski definition) is 1. The van der Waals surface area contributed by atoms with Crippen molar-refractivity contribution >= 4 is 17.7 Å². The molecule has 1 N–H and O–H groups in total. The molecule has 0 aromatic heterocycles. The van der Waals surface area contributed by atoms with E-state index in [-0.39, 0.29) is 0 Å². The van der Waals surface area contributed by atoms with Crippen LogP contribution in [0.25, 0.3) is 0 Å². The van der Waals surface area contributed by atoms with Crippen LogP contribution in [0.4, 0.5) is 0 Å². The SMILES string of the molecule is CCSC1(CNC(=NC)N2CCC(N(CC)CC)C2)CCOCC1. The van der Waals surface area contributed by atoms with Gasteiger partial charge in [-0.15, -0.1) is 0 Å². The largest absolute Gasteiger partial charge is 0.381 e. The van der Waals surface area contributed by atoms with Gasteiger partial charge in [0.15, 0.2) is 5.96 Å². The van der Waals surface area contributed by atoms with Crippen molar-refractivity contribution in [2.75, 3.05) is 58.7 Å². The van der Waals surface area contributed by atoms with Crippen molar-refractivity contribution in [2.45, 2.75) is 50.8 Å². The summed E-state index contributed by atoms with van der Waals surface area (Å²) >= 11 is 2.08. The molecule has 5 nitrogen and oxygen atoms in total. The van der Waals surface area contributed by atoms with Crippen molar-refractivity contribution in [3.8, 4) is 0 Å². The molecule has 2 rings (SSSR count). The zero-order valence-electron chi connectivity index (χ0n) is 16.0. The Balaban J connectivity index is 1.90. The minimum Gasteiger partial charge on any atom is -0.381 e. The number of ether oxygens (including phenoxy) is 1. The standard InChI is InChI=1S/C18H36N4OS/c1-5-21(6-2)16-8-11-22(14-16)17(19-4)20-15-18(24-7-3)9-12-23-13-10-18/h16H,5-15H2,1-4H3,(H,19,20). The fourth-order valence-electron chi connectivity index (χ4n) is 3.97. The minimum absolute atomic E-state index is 0.306. The van der Waals surface area contributed by atoms with Crippen molar-refractivity contribution in [1.82, 2.24) is 15.1 Å². The quantitative estimate of drug-likeness (QED) is 0.560. The summed E-state index contributed by atoms with van der Waals surface area (Å²) in [4.78, 5) is 9.57. The molecule has 6 heteroatoms. The highest BCUT2D eigenvalue weighted by atomic mass is 32.2. The number of likely N-dealkylation sites (tertiary alicyclic amines) is 1. The molecule has 24 heavy (non-hydrogen) atoms. The summed E-state index contributed by atoms with van der Waals surface area (Å²) in [6.07, 6.45) is 3.51. The fourth-order valence-corrected chi connectivity index (χ4v) is 5.21. The molecule has 0 aliphatic carbocycles. The highest BCUT2D eigenvalue weighted by Gasteiger charge is 2.34. The predicted octanol–water partition coefficient (Wildman–Crippen LogP) is 2.28. The molecule has 2 aliphatic heterocycles. The second-order valence-electron chi connectivity index (χ2n) is 6.74. The summed E-state index contributed by atoms with van der Waals surface area (Å²) in [5, 5.41) is 3.68. The van der Waals surface area contributed by atoms with Crippen molar-refractivity contribution in [2.24, 2.45) is 4.99 Å². The van der Waals surface area contributed by atoms with Crippen LogP contribution in [0.3, 0.4) is 0 Å². The molecule has 140 valence electrons. The number of guanidine groups is 1. The minimum atomic E-state index is 0.306. The van der Waals surface area contributed by atoms with Gasteiger partial charge in [0.05, 0.1) is 0 Å². The Hall–Kier alpha value is -0.460. The maximum atomic E-state index is 5.58. The Kier molecular flexibility index (Phi) is 8.17. The molecular weight excluding hydrogens is 320 g/mol. The number of rotatable bonds is 7. The summed E-state index contributed by atoms with van der Waals surface area (Å²) in [6, 6.07) is 0.667. The molecule has 0 saturated carbocycles. The Morgan fingerprint density at radius 3 is 2.58 bits per heavy atom. The van der Waals surface area contributed by atoms with Crippen LogP contribution in [0.2, 0.25) is 0 Å². The van der Waals surface area contributed by atoms with Crippen molar-refractivity contribution in [3.05, 3.63) is 0 Å². The topological polar surface area (TPSA) is 40.1 Å². The van der Waals surface area contributed by atoms with E-state index in [1.807, 2.05) is 7.05 Å². The van der Waals surface area contributed by atoms with Crippen molar-refractivity contribution in [3.63, 3.8) is 0 Å². The van der Waals surface area contributed by atoms with Gasteiger partial charge in [0.2, 0.25) is 0 Å². The van der Waals surface area contributed by atoms with E-state index in [0.717, 1.165) is 70.5 Å². The van der Waals surface area contributed by atoms with Gasteiger partial charge in [-0.1, -0.05) is 20.8 Å². The summed E-state index contributed by atoms with van der Waals surface area (Å²) in [5.41, 5.74) is 0. The lowest BCUT2D eigenvalue weighted by atomic mass is 9.99. The van der Waals surface area contributed by atoms with Gasteiger partial charge >= 0.3 is 0 Å². The summed E-state index contributed by atoms with van der Waals surface area (Å²) in [6.45, 7) is 14.0. The van der Waals surface area contributed by atoms with Crippen molar-refractivity contribution in [1.29, 1.82) is 0 Å². The maximum Gasteiger partial charge on any atom is 0.193 e. The molecule has 0 radical (unpaired) electrons. The Bertz CT molecular complexity index is 389. The molecule has 0 spiro atoms. The van der Waals surface area contributed by atoms with Crippen LogP contribution < -0.4 is 5.32 Å². The van der Waals surface area contributed by atoms with E-state index in [9.17, 15) is 0 Å². The van der Waals surface area contributed by atoms with E-state index in [4.69, 9.17) is 4.74 Å². The molecule has 2 fully saturated rings. The average molecular weight is 357 g/mol. The van der Waals surface area contributed by atoms with E-state index in [1.54, 1.807) is 0 Å². The van der Waals surface area contributed by atoms with Crippen LogP contribution in [-0.4, -0.2) is 85.3 Å². The van der Waals surface area contributed by atoms with Crippen LogP contribution in [-0.2, 0) is 4.74 Å². The molecule has 2 saturated heterocycles. The number of hydrogen-bond acceptors (Lipinski definition) is 4. The van der Waals surface area contributed by atoms with Gasteiger partial charge in [0.25, 0.3) is 0 Å². The zero-order valence-corrected chi connectivity index (χ0v) is 16.8. The lowest BCUT2D eigenvalue weighted by Gasteiger charge is -2.37. The number of nitrogens with one attached hydrogen (secondary N) is 1. The highest BCUT2D eigenvalue weighted by Crippen LogP contribution is 2.34. The van der Waals surface area contributed by atoms with Crippen LogP contribution in [0.15, 0.2) is 4.99 Å². The maximum absolute atomic E-state index is 5.58. The van der Waals surface area contributed by atoms with E-state index in [2.05, 4.69) is 52.6 Å². The number of thioether (sulfide) groups is 1. The van der Waals surface area contributed by atoms with Crippen molar-refractivity contribution < 1.29 is 4.74 Å². The third-order valence-electron chi connectivity index (χ3n) is 5.43. The van der Waals surface area contributed by atoms with Gasteiger partial charge in [0, 0.05) is 50.7 Å². The second kappa shape index (κ2) is 9.88. The zero-order chi connectivity index (χ0) is 17.4. The molecule has 1 atom stereocenters. The van der Waals surface area contributed by atoms with Gasteiger partial charge in [-0.25, -0.2) is 0 Å². The predicted molar refractivity (Wildman–Crippen MR) is 105 cm³/mol. The van der Waals surface area contributed by atoms with Crippen LogP contribution in [0.5, 0.6) is 0 Å². The second-order valence-corrected chi connectivity index (χ2v) is 8.47. The average Bonchev–Trinajstić information content (AvgIpc) is 3.07. The first-order valence-electron chi connectivity index (χ1n) is 9.59. The first-order chi connectivity index (χ1) is 11.7. The Morgan fingerprint density at radius 1 is 1.29 bits per heavy atom. The number of likely N-dealkylation sites (N-methyl/N-ethyl adjacent to an activating group) is 1. The fraction of sp³-hybridized carbons (Fsp3) is 0.944. The van der Waals surface area contributed by atoms with Gasteiger partial charge in [-0.2, -0.15) is 11.8 Å². The molecule has 0 aromatic carbocycles. The van der Waals surface area contributed by atoms with Gasteiger partial charge in [-0.3, -0.25) is 9.89 Å². The van der Waals surface area contributed by atoms with Gasteiger partial charge in [-0.05, 0) is 38.1 Å². The molecule has 2 heterocycles. The molecule has 0 amide bonds. The molecule has 2 aliphatic rings. The Labute approximate surface area is 152 Å². The van der Waals surface area contributed by atoms with E-state index in [0.29, 0.717) is 10.8 Å². The molecule has 0 bridgehead atoms. The van der Waals surface area contributed by atoms with Crippen LogP contribution in [0, 0.1) is 0 Å². The first-order valence-corrected chi connectivity index (χ1v) is 10.6. The summed E-state index contributed by atoms with van der Waals surface area (Å²) in [5.74, 6) is 2.24. The number of aliphatic imine (C=N–C) groups is 1. The third-order valence-corrected chi connectivity index (χ3v) is 6.88. The first kappa shape index (κ1) is 19.9. The summed E-state index contributed by atoms with van der Waals surface area (Å²) in [7, 11) is 1.91. The van der Waals surface area contributed by atoms with Crippen LogP contribution in [0.1, 0.15) is 40.0 Å². The summed E-state index contributed by atoms with van der Waals surface area (Å²) < 4.78 is 5.89. The highest BCUT2D eigenvalue weighted by molar-refractivity contribution is 8.00. The molecule has 1 unspecified atom stereocenters. The molecule has 0 aromatic rings. The van der Waals surface area contributed by atoms with Gasteiger partial charge < -0.3 is 15.0 Å². The Morgan fingerprint density at radius 2 is 2.00 bits per heavy atom. The monoisotopic (exact) mass is 356 g/mol. The lowest BCUT2D eigenvalue weighted by molar-refractivity contribution is 0.0780. The van der Waals surface area contributed by atoms with Gasteiger partial charge in [0.1, 0.15) is 0 Å². The van der Waals surface area contributed by atoms with E-state index in [1.165, 1.54) is 6.42 Å². The smallest absolute Gasteiger partial charge is 0.193 e. The normalized spacial score (nSPS) is 24.6. The molecular formula is C18H36N4OS.